The van der Waals surface area contributed by atoms with Gasteiger partial charge in [-0.3, -0.25) is 5.32 Å². The first-order valence-corrected chi connectivity index (χ1v) is 6.93. The van der Waals surface area contributed by atoms with Crippen molar-refractivity contribution in [3.8, 4) is 0 Å². The molecule has 1 aromatic rings. The summed E-state index contributed by atoms with van der Waals surface area (Å²) in [5.41, 5.74) is 2.04. The van der Waals surface area contributed by atoms with Crippen molar-refractivity contribution in [2.75, 3.05) is 18.4 Å². The van der Waals surface area contributed by atoms with E-state index >= 15 is 0 Å². The van der Waals surface area contributed by atoms with E-state index in [1.807, 2.05) is 24.3 Å². The topological polar surface area (TPSA) is 50.4 Å². The van der Waals surface area contributed by atoms with Gasteiger partial charge >= 0.3 is 6.09 Å². The summed E-state index contributed by atoms with van der Waals surface area (Å²) < 4.78 is 5.38. The lowest BCUT2D eigenvalue weighted by Crippen LogP contribution is -2.34. The molecule has 2 N–H and O–H groups in total. The molecule has 0 spiro atoms. The SMILES string of the molecule is CC(C)c1ccc(NC(=O)OC2CCNCC2)cc1. The standard InChI is InChI=1S/C15H22N2O2/c1-11(2)12-3-5-13(6-4-12)17-15(18)19-14-7-9-16-10-8-14/h3-6,11,14,16H,7-10H2,1-2H3,(H,17,18). The molecule has 0 unspecified atom stereocenters. The maximum atomic E-state index is 11.7. The number of piperidine rings is 1. The highest BCUT2D eigenvalue weighted by molar-refractivity contribution is 5.84. The molecule has 4 heteroatoms. The van der Waals surface area contributed by atoms with E-state index in [2.05, 4.69) is 24.5 Å². The Bertz CT molecular complexity index is 409. The van der Waals surface area contributed by atoms with Gasteiger partial charge in [-0.25, -0.2) is 4.79 Å². The first-order chi connectivity index (χ1) is 9.15. The van der Waals surface area contributed by atoms with E-state index in [4.69, 9.17) is 4.74 Å². The van der Waals surface area contributed by atoms with E-state index in [1.54, 1.807) is 0 Å². The zero-order valence-electron chi connectivity index (χ0n) is 11.6. The molecule has 1 saturated heterocycles. The predicted octanol–water partition coefficient (Wildman–Crippen LogP) is 3.11. The minimum absolute atomic E-state index is 0.0381. The zero-order valence-corrected chi connectivity index (χ0v) is 11.6. The average molecular weight is 262 g/mol. The van der Waals surface area contributed by atoms with E-state index in [1.165, 1.54) is 5.56 Å². The minimum Gasteiger partial charge on any atom is -0.446 e. The van der Waals surface area contributed by atoms with Gasteiger partial charge in [-0.2, -0.15) is 0 Å². The van der Waals surface area contributed by atoms with Gasteiger partial charge in [0.15, 0.2) is 0 Å². The van der Waals surface area contributed by atoms with Crippen LogP contribution >= 0.6 is 0 Å². The number of amides is 1. The Morgan fingerprint density at radius 3 is 2.47 bits per heavy atom. The van der Waals surface area contributed by atoms with Gasteiger partial charge in [0.05, 0.1) is 0 Å². The molecule has 1 aromatic carbocycles. The molecule has 19 heavy (non-hydrogen) atoms. The Morgan fingerprint density at radius 2 is 1.89 bits per heavy atom. The molecule has 1 aliphatic rings. The van der Waals surface area contributed by atoms with Crippen LogP contribution in [-0.2, 0) is 4.74 Å². The molecule has 0 atom stereocenters. The third-order valence-corrected chi connectivity index (χ3v) is 3.38. The molecule has 1 heterocycles. The summed E-state index contributed by atoms with van der Waals surface area (Å²) in [5, 5.41) is 6.02. The fraction of sp³-hybridized carbons (Fsp3) is 0.533. The normalized spacial score (nSPS) is 16.4. The summed E-state index contributed by atoms with van der Waals surface area (Å²) in [6.45, 7) is 6.13. The van der Waals surface area contributed by atoms with Crippen molar-refractivity contribution in [3.05, 3.63) is 29.8 Å². The monoisotopic (exact) mass is 262 g/mol. The van der Waals surface area contributed by atoms with E-state index < -0.39 is 0 Å². The Hall–Kier alpha value is -1.55. The number of hydrogen-bond acceptors (Lipinski definition) is 3. The van der Waals surface area contributed by atoms with Crippen LogP contribution in [0.1, 0.15) is 38.2 Å². The molecule has 2 rings (SSSR count). The smallest absolute Gasteiger partial charge is 0.411 e. The van der Waals surface area contributed by atoms with Gasteiger partial charge in [0.2, 0.25) is 0 Å². The highest BCUT2D eigenvalue weighted by Crippen LogP contribution is 2.17. The van der Waals surface area contributed by atoms with E-state index in [9.17, 15) is 4.79 Å². The Labute approximate surface area is 114 Å². The van der Waals surface area contributed by atoms with Gasteiger partial charge in [-0.1, -0.05) is 26.0 Å². The Balaban J connectivity index is 1.84. The number of anilines is 1. The number of ether oxygens (including phenoxy) is 1. The van der Waals surface area contributed by atoms with Crippen molar-refractivity contribution < 1.29 is 9.53 Å². The molecule has 0 aromatic heterocycles. The highest BCUT2D eigenvalue weighted by Gasteiger charge is 2.17. The van der Waals surface area contributed by atoms with Crippen LogP contribution in [0.25, 0.3) is 0 Å². The number of nitrogens with one attached hydrogen (secondary N) is 2. The lowest BCUT2D eigenvalue weighted by atomic mass is 10.0. The number of hydrogen-bond donors (Lipinski definition) is 2. The first kappa shape index (κ1) is 13.9. The third kappa shape index (κ3) is 4.24. The first-order valence-electron chi connectivity index (χ1n) is 6.93. The van der Waals surface area contributed by atoms with Crippen LogP contribution < -0.4 is 10.6 Å². The highest BCUT2D eigenvalue weighted by atomic mass is 16.6. The quantitative estimate of drug-likeness (QED) is 0.880. The molecule has 0 radical (unpaired) electrons. The second kappa shape index (κ2) is 6.57. The predicted molar refractivity (Wildman–Crippen MR) is 76.5 cm³/mol. The molecule has 1 fully saturated rings. The summed E-state index contributed by atoms with van der Waals surface area (Å²) in [5.74, 6) is 0.496. The molecule has 0 aliphatic carbocycles. The van der Waals surface area contributed by atoms with Gasteiger partial charge in [0.25, 0.3) is 0 Å². The largest absolute Gasteiger partial charge is 0.446 e. The maximum absolute atomic E-state index is 11.7. The zero-order chi connectivity index (χ0) is 13.7. The molecule has 1 amide bonds. The van der Waals surface area contributed by atoms with Crippen molar-refractivity contribution in [1.29, 1.82) is 0 Å². The minimum atomic E-state index is -0.357. The van der Waals surface area contributed by atoms with Gasteiger partial charge in [-0.15, -0.1) is 0 Å². The van der Waals surface area contributed by atoms with Crippen LogP contribution in [0, 0.1) is 0 Å². The average Bonchev–Trinajstić information content (AvgIpc) is 2.40. The Morgan fingerprint density at radius 1 is 1.26 bits per heavy atom. The van der Waals surface area contributed by atoms with Crippen LogP contribution in [0.15, 0.2) is 24.3 Å². The fourth-order valence-electron chi connectivity index (χ4n) is 2.16. The fourth-order valence-corrected chi connectivity index (χ4v) is 2.16. The maximum Gasteiger partial charge on any atom is 0.411 e. The van der Waals surface area contributed by atoms with Crippen molar-refractivity contribution in [2.45, 2.75) is 38.7 Å². The molecule has 4 nitrogen and oxygen atoms in total. The van der Waals surface area contributed by atoms with Crippen LogP contribution in [0.2, 0.25) is 0 Å². The Kier molecular flexibility index (Phi) is 4.80. The number of benzene rings is 1. The second-order valence-electron chi connectivity index (χ2n) is 5.26. The van der Waals surface area contributed by atoms with Crippen molar-refractivity contribution >= 4 is 11.8 Å². The van der Waals surface area contributed by atoms with Crippen molar-refractivity contribution in [3.63, 3.8) is 0 Å². The summed E-state index contributed by atoms with van der Waals surface area (Å²) in [6, 6.07) is 7.90. The molecule has 0 bridgehead atoms. The molecular weight excluding hydrogens is 240 g/mol. The van der Waals surface area contributed by atoms with Crippen molar-refractivity contribution in [1.82, 2.24) is 5.32 Å². The van der Waals surface area contributed by atoms with Crippen LogP contribution in [0.4, 0.5) is 10.5 Å². The summed E-state index contributed by atoms with van der Waals surface area (Å²) in [6.07, 6.45) is 1.46. The summed E-state index contributed by atoms with van der Waals surface area (Å²) in [7, 11) is 0. The molecule has 104 valence electrons. The lowest BCUT2D eigenvalue weighted by Gasteiger charge is -2.22. The second-order valence-corrected chi connectivity index (χ2v) is 5.26. The summed E-state index contributed by atoms with van der Waals surface area (Å²) >= 11 is 0. The third-order valence-electron chi connectivity index (χ3n) is 3.38. The van der Waals surface area contributed by atoms with Crippen LogP contribution in [-0.4, -0.2) is 25.3 Å². The number of carbonyl (C=O) groups is 1. The van der Waals surface area contributed by atoms with E-state index in [-0.39, 0.29) is 12.2 Å². The number of carbonyl (C=O) groups excluding carboxylic acids is 1. The van der Waals surface area contributed by atoms with E-state index in [0.717, 1.165) is 31.6 Å². The lowest BCUT2D eigenvalue weighted by molar-refractivity contribution is 0.0909. The summed E-state index contributed by atoms with van der Waals surface area (Å²) in [4.78, 5) is 11.7. The van der Waals surface area contributed by atoms with Crippen molar-refractivity contribution in [2.24, 2.45) is 0 Å². The molecular formula is C15H22N2O2. The molecule has 0 saturated carbocycles. The number of rotatable bonds is 3. The van der Waals surface area contributed by atoms with Crippen LogP contribution in [0.3, 0.4) is 0 Å². The molecule has 1 aliphatic heterocycles. The van der Waals surface area contributed by atoms with Gasteiger partial charge in [-0.05, 0) is 49.5 Å². The van der Waals surface area contributed by atoms with Gasteiger partial charge in [0, 0.05) is 5.69 Å². The van der Waals surface area contributed by atoms with Crippen LogP contribution in [0.5, 0.6) is 0 Å². The van der Waals surface area contributed by atoms with E-state index in [0.29, 0.717) is 5.92 Å². The van der Waals surface area contributed by atoms with Gasteiger partial charge < -0.3 is 10.1 Å². The van der Waals surface area contributed by atoms with Gasteiger partial charge in [0.1, 0.15) is 6.10 Å².